The maximum Gasteiger partial charge on any atom is 0.185 e. The summed E-state index contributed by atoms with van der Waals surface area (Å²) >= 11 is 1.64. The van der Waals surface area contributed by atoms with Crippen LogP contribution in [0.1, 0.15) is 12.7 Å². The number of thiophene rings is 1. The van der Waals surface area contributed by atoms with Crippen molar-refractivity contribution in [3.8, 4) is 22.1 Å². The van der Waals surface area contributed by atoms with Crippen LogP contribution in [0.25, 0.3) is 22.1 Å². The zero-order valence-electron chi connectivity index (χ0n) is 9.30. The van der Waals surface area contributed by atoms with E-state index in [0.29, 0.717) is 5.82 Å². The number of furan rings is 1. The number of rotatable bonds is 3. The molecule has 0 aliphatic carbocycles. The fraction of sp³-hybridized carbons (Fsp3) is 0.167. The van der Waals surface area contributed by atoms with Crippen molar-refractivity contribution in [3.05, 3.63) is 35.6 Å². The van der Waals surface area contributed by atoms with Crippen molar-refractivity contribution in [2.75, 3.05) is 0 Å². The number of aromatic amines is 1. The SMILES string of the molecule is CCc1occc1-c1n[nH]c(-c2cccs2)n1. The molecular formula is C12H11N3OS. The molecular weight excluding hydrogens is 234 g/mol. The average molecular weight is 245 g/mol. The summed E-state index contributed by atoms with van der Waals surface area (Å²) in [6, 6.07) is 5.92. The van der Waals surface area contributed by atoms with Crippen molar-refractivity contribution in [3.63, 3.8) is 0 Å². The zero-order chi connectivity index (χ0) is 11.7. The van der Waals surface area contributed by atoms with Crippen LogP contribution in [0.5, 0.6) is 0 Å². The summed E-state index contributed by atoms with van der Waals surface area (Å²) in [6.45, 7) is 2.05. The van der Waals surface area contributed by atoms with Gasteiger partial charge in [0.25, 0.3) is 0 Å². The highest BCUT2D eigenvalue weighted by molar-refractivity contribution is 7.13. The first-order valence-electron chi connectivity index (χ1n) is 5.41. The van der Waals surface area contributed by atoms with Crippen LogP contribution < -0.4 is 0 Å². The number of aryl methyl sites for hydroxylation is 1. The lowest BCUT2D eigenvalue weighted by atomic mass is 10.2. The molecule has 5 heteroatoms. The number of H-pyrrole nitrogens is 1. The Hall–Kier alpha value is -1.88. The normalized spacial score (nSPS) is 10.9. The Morgan fingerprint density at radius 3 is 3.12 bits per heavy atom. The first-order chi connectivity index (χ1) is 8.38. The quantitative estimate of drug-likeness (QED) is 0.769. The first kappa shape index (κ1) is 10.3. The van der Waals surface area contributed by atoms with Crippen molar-refractivity contribution < 1.29 is 4.42 Å². The lowest BCUT2D eigenvalue weighted by Gasteiger charge is -1.92. The van der Waals surface area contributed by atoms with Gasteiger partial charge in [-0.2, -0.15) is 5.10 Å². The number of aromatic nitrogens is 3. The van der Waals surface area contributed by atoms with Crippen molar-refractivity contribution in [2.45, 2.75) is 13.3 Å². The zero-order valence-corrected chi connectivity index (χ0v) is 10.1. The fourth-order valence-electron chi connectivity index (χ4n) is 1.72. The first-order valence-corrected chi connectivity index (χ1v) is 6.29. The van der Waals surface area contributed by atoms with Crippen LogP contribution in [0.15, 0.2) is 34.3 Å². The number of nitrogens with zero attached hydrogens (tertiary/aromatic N) is 2. The Balaban J connectivity index is 2.01. The van der Waals surface area contributed by atoms with E-state index in [-0.39, 0.29) is 0 Å². The van der Waals surface area contributed by atoms with E-state index in [1.165, 1.54) is 0 Å². The van der Waals surface area contributed by atoms with Crippen molar-refractivity contribution in [1.82, 2.24) is 15.2 Å². The third kappa shape index (κ3) is 1.78. The predicted molar refractivity (Wildman–Crippen MR) is 66.8 cm³/mol. The Kier molecular flexibility index (Phi) is 2.53. The topological polar surface area (TPSA) is 54.7 Å². The van der Waals surface area contributed by atoms with Crippen LogP contribution in [-0.2, 0) is 6.42 Å². The highest BCUT2D eigenvalue weighted by Crippen LogP contribution is 2.26. The average Bonchev–Trinajstić information content (AvgIpc) is 3.09. The third-order valence-electron chi connectivity index (χ3n) is 2.55. The summed E-state index contributed by atoms with van der Waals surface area (Å²) in [5, 5.41) is 9.21. The standard InChI is InChI=1S/C12H11N3OS/c1-2-9-8(5-6-16-9)11-13-12(15-14-11)10-4-3-7-17-10/h3-7H,2H2,1H3,(H,13,14,15). The monoisotopic (exact) mass is 245 g/mol. The molecule has 0 aromatic carbocycles. The van der Waals surface area contributed by atoms with Gasteiger partial charge in [0, 0.05) is 6.42 Å². The Morgan fingerprint density at radius 2 is 2.35 bits per heavy atom. The molecule has 0 unspecified atom stereocenters. The molecule has 0 spiro atoms. The highest BCUT2D eigenvalue weighted by atomic mass is 32.1. The molecule has 0 saturated heterocycles. The lowest BCUT2D eigenvalue weighted by Crippen LogP contribution is -1.83. The molecule has 3 rings (SSSR count). The maximum atomic E-state index is 5.38. The molecule has 0 atom stereocenters. The van der Waals surface area contributed by atoms with Crippen molar-refractivity contribution in [1.29, 1.82) is 0 Å². The number of nitrogens with one attached hydrogen (secondary N) is 1. The summed E-state index contributed by atoms with van der Waals surface area (Å²) < 4.78 is 5.38. The summed E-state index contributed by atoms with van der Waals surface area (Å²) in [5.74, 6) is 2.42. The van der Waals surface area contributed by atoms with Crippen LogP contribution in [0, 0.1) is 0 Å². The van der Waals surface area contributed by atoms with Gasteiger partial charge in [-0.1, -0.05) is 13.0 Å². The Bertz CT molecular complexity index is 609. The molecule has 0 fully saturated rings. The van der Waals surface area contributed by atoms with E-state index in [9.17, 15) is 0 Å². The third-order valence-corrected chi connectivity index (χ3v) is 3.42. The number of hydrogen-bond donors (Lipinski definition) is 1. The summed E-state index contributed by atoms with van der Waals surface area (Å²) in [5.41, 5.74) is 0.964. The van der Waals surface area contributed by atoms with Crippen LogP contribution in [-0.4, -0.2) is 15.2 Å². The second-order valence-electron chi connectivity index (χ2n) is 3.60. The van der Waals surface area contributed by atoms with Crippen LogP contribution in [0.2, 0.25) is 0 Å². The lowest BCUT2D eigenvalue weighted by molar-refractivity contribution is 0.517. The Labute approximate surface area is 102 Å². The molecule has 0 radical (unpaired) electrons. The second kappa shape index (κ2) is 4.18. The fourth-order valence-corrected chi connectivity index (χ4v) is 2.38. The van der Waals surface area contributed by atoms with E-state index in [0.717, 1.165) is 28.4 Å². The minimum Gasteiger partial charge on any atom is -0.469 e. The van der Waals surface area contributed by atoms with E-state index in [2.05, 4.69) is 22.1 Å². The minimum atomic E-state index is 0.694. The summed E-state index contributed by atoms with van der Waals surface area (Å²) in [6.07, 6.45) is 2.51. The van der Waals surface area contributed by atoms with Gasteiger partial charge in [-0.05, 0) is 17.5 Å². The van der Waals surface area contributed by atoms with Crippen LogP contribution in [0.4, 0.5) is 0 Å². The molecule has 3 aromatic heterocycles. The molecule has 0 bridgehead atoms. The van der Waals surface area contributed by atoms with Crippen molar-refractivity contribution >= 4 is 11.3 Å². The smallest absolute Gasteiger partial charge is 0.185 e. The van der Waals surface area contributed by atoms with Gasteiger partial charge in [-0.3, -0.25) is 5.10 Å². The van der Waals surface area contributed by atoms with E-state index < -0.39 is 0 Å². The molecule has 0 aliphatic heterocycles. The second-order valence-corrected chi connectivity index (χ2v) is 4.54. The van der Waals surface area contributed by atoms with Gasteiger partial charge in [0.2, 0.25) is 0 Å². The summed E-state index contributed by atoms with van der Waals surface area (Å²) in [4.78, 5) is 5.58. The molecule has 86 valence electrons. The van der Waals surface area contributed by atoms with Gasteiger partial charge < -0.3 is 4.42 Å². The molecule has 0 amide bonds. The molecule has 1 N–H and O–H groups in total. The molecule has 3 aromatic rings. The van der Waals surface area contributed by atoms with Gasteiger partial charge in [-0.15, -0.1) is 11.3 Å². The van der Waals surface area contributed by atoms with Gasteiger partial charge in [0.1, 0.15) is 5.76 Å². The van der Waals surface area contributed by atoms with Gasteiger partial charge in [0.05, 0.1) is 16.7 Å². The molecule has 0 aliphatic rings. The Morgan fingerprint density at radius 1 is 1.41 bits per heavy atom. The van der Waals surface area contributed by atoms with Crippen LogP contribution >= 0.6 is 11.3 Å². The van der Waals surface area contributed by atoms with E-state index >= 15 is 0 Å². The van der Waals surface area contributed by atoms with E-state index in [1.807, 2.05) is 23.6 Å². The predicted octanol–water partition coefficient (Wildman–Crippen LogP) is 3.36. The van der Waals surface area contributed by atoms with Gasteiger partial charge in [0.15, 0.2) is 11.6 Å². The molecule has 0 saturated carbocycles. The van der Waals surface area contributed by atoms with Gasteiger partial charge in [-0.25, -0.2) is 4.98 Å². The maximum absolute atomic E-state index is 5.38. The highest BCUT2D eigenvalue weighted by Gasteiger charge is 2.13. The minimum absolute atomic E-state index is 0.694. The number of hydrogen-bond acceptors (Lipinski definition) is 4. The van der Waals surface area contributed by atoms with Crippen LogP contribution in [0.3, 0.4) is 0 Å². The molecule has 3 heterocycles. The van der Waals surface area contributed by atoms with Crippen molar-refractivity contribution in [2.24, 2.45) is 0 Å². The van der Waals surface area contributed by atoms with Gasteiger partial charge >= 0.3 is 0 Å². The van der Waals surface area contributed by atoms with E-state index in [4.69, 9.17) is 4.42 Å². The molecule has 17 heavy (non-hydrogen) atoms. The molecule has 4 nitrogen and oxygen atoms in total. The van der Waals surface area contributed by atoms with E-state index in [1.54, 1.807) is 17.6 Å². The largest absolute Gasteiger partial charge is 0.469 e. The summed E-state index contributed by atoms with van der Waals surface area (Å²) in [7, 11) is 0.